The first-order chi connectivity index (χ1) is 7.45. The molecule has 2 heteroatoms. The van der Waals surface area contributed by atoms with E-state index in [9.17, 15) is 4.79 Å². The molecule has 92 valence electrons. The molecule has 0 aromatic heterocycles. The Bertz CT molecular complexity index is 270. The summed E-state index contributed by atoms with van der Waals surface area (Å²) in [6, 6.07) is 0.578. The maximum atomic E-state index is 12.4. The lowest BCUT2D eigenvalue weighted by atomic mass is 9.97. The van der Waals surface area contributed by atoms with Crippen LogP contribution in [0.25, 0.3) is 0 Å². The first-order valence-corrected chi connectivity index (χ1v) is 6.46. The molecule has 0 saturated heterocycles. The summed E-state index contributed by atoms with van der Waals surface area (Å²) in [5.74, 6) is 0.366. The fraction of sp³-hybridized carbons (Fsp3) is 0.786. The summed E-state index contributed by atoms with van der Waals surface area (Å²) in [5, 5.41) is 0. The molecule has 0 fully saturated rings. The standard InChI is InChI=1S/C14H25NO/c1-10(2)15(11(3)4)14(16)12(5)13-8-6-7-9-13/h8,10-12H,6-7,9H2,1-5H3/t12-/m0/s1. The first kappa shape index (κ1) is 13.3. The number of amides is 1. The number of hydrogen-bond acceptors (Lipinski definition) is 1. The molecule has 1 atom stereocenters. The quantitative estimate of drug-likeness (QED) is 0.669. The Kier molecular flexibility index (Phi) is 4.57. The molecule has 0 aromatic rings. The number of carbonyl (C=O) groups is 1. The molecule has 0 radical (unpaired) electrons. The van der Waals surface area contributed by atoms with Crippen molar-refractivity contribution in [1.29, 1.82) is 0 Å². The molecule has 2 nitrogen and oxygen atoms in total. The normalized spacial score (nSPS) is 17.8. The lowest BCUT2D eigenvalue weighted by Crippen LogP contribution is -2.45. The van der Waals surface area contributed by atoms with Gasteiger partial charge in [0.25, 0.3) is 0 Å². The Balaban J connectivity index is 2.74. The van der Waals surface area contributed by atoms with Gasteiger partial charge in [0.05, 0.1) is 5.92 Å². The fourth-order valence-electron chi connectivity index (χ4n) is 2.58. The lowest BCUT2D eigenvalue weighted by molar-refractivity contribution is -0.137. The monoisotopic (exact) mass is 223 g/mol. The number of carbonyl (C=O) groups excluding carboxylic acids is 1. The van der Waals surface area contributed by atoms with Gasteiger partial charge in [-0.3, -0.25) is 4.79 Å². The summed E-state index contributed by atoms with van der Waals surface area (Å²) in [6.45, 7) is 10.4. The van der Waals surface area contributed by atoms with E-state index in [1.165, 1.54) is 12.0 Å². The fourth-order valence-corrected chi connectivity index (χ4v) is 2.58. The van der Waals surface area contributed by atoms with E-state index in [0.717, 1.165) is 12.8 Å². The van der Waals surface area contributed by atoms with Gasteiger partial charge < -0.3 is 4.90 Å². The molecule has 0 unspecified atom stereocenters. The molecule has 1 amide bonds. The van der Waals surface area contributed by atoms with Crippen molar-refractivity contribution in [3.05, 3.63) is 11.6 Å². The van der Waals surface area contributed by atoms with E-state index in [-0.39, 0.29) is 23.9 Å². The molecule has 0 aliphatic heterocycles. The summed E-state index contributed by atoms with van der Waals surface area (Å²) in [6.07, 6.45) is 5.73. The second-order valence-electron chi connectivity index (χ2n) is 5.33. The van der Waals surface area contributed by atoms with E-state index in [1.807, 2.05) is 4.90 Å². The van der Waals surface area contributed by atoms with Crippen LogP contribution in [0.1, 0.15) is 53.9 Å². The second kappa shape index (κ2) is 5.51. The van der Waals surface area contributed by atoms with Crippen LogP contribution >= 0.6 is 0 Å². The van der Waals surface area contributed by atoms with E-state index in [4.69, 9.17) is 0 Å². The van der Waals surface area contributed by atoms with Crippen molar-refractivity contribution in [3.8, 4) is 0 Å². The minimum atomic E-state index is 0.0762. The Morgan fingerprint density at radius 3 is 2.12 bits per heavy atom. The maximum absolute atomic E-state index is 12.4. The molecular formula is C14H25NO. The van der Waals surface area contributed by atoms with Crippen LogP contribution in [0.4, 0.5) is 0 Å². The Morgan fingerprint density at radius 2 is 1.75 bits per heavy atom. The predicted molar refractivity (Wildman–Crippen MR) is 68.2 cm³/mol. The van der Waals surface area contributed by atoms with Gasteiger partial charge in [-0.05, 0) is 53.9 Å². The van der Waals surface area contributed by atoms with Crippen LogP contribution in [0.3, 0.4) is 0 Å². The molecule has 1 aliphatic rings. The van der Waals surface area contributed by atoms with Gasteiger partial charge in [-0.2, -0.15) is 0 Å². The zero-order valence-electron chi connectivity index (χ0n) is 11.3. The highest BCUT2D eigenvalue weighted by molar-refractivity contribution is 5.82. The second-order valence-corrected chi connectivity index (χ2v) is 5.33. The molecule has 0 aromatic carbocycles. The molecule has 0 heterocycles. The van der Waals surface area contributed by atoms with Crippen molar-refractivity contribution in [2.24, 2.45) is 5.92 Å². The zero-order valence-corrected chi connectivity index (χ0v) is 11.3. The minimum Gasteiger partial charge on any atom is -0.337 e. The molecule has 16 heavy (non-hydrogen) atoms. The van der Waals surface area contributed by atoms with Crippen LogP contribution in [0.15, 0.2) is 11.6 Å². The van der Waals surface area contributed by atoms with Gasteiger partial charge in [-0.15, -0.1) is 0 Å². The van der Waals surface area contributed by atoms with Crippen molar-refractivity contribution in [2.75, 3.05) is 0 Å². The van der Waals surface area contributed by atoms with Crippen LogP contribution in [0, 0.1) is 5.92 Å². The molecule has 1 rings (SSSR count). The third-order valence-electron chi connectivity index (χ3n) is 3.37. The molecule has 0 bridgehead atoms. The van der Waals surface area contributed by atoms with E-state index < -0.39 is 0 Å². The number of hydrogen-bond donors (Lipinski definition) is 0. The highest BCUT2D eigenvalue weighted by Crippen LogP contribution is 2.27. The van der Waals surface area contributed by atoms with Crippen LogP contribution in [0.5, 0.6) is 0 Å². The van der Waals surface area contributed by atoms with E-state index in [2.05, 4.69) is 40.7 Å². The number of nitrogens with zero attached hydrogens (tertiary/aromatic N) is 1. The SMILES string of the molecule is CC(C)N(C(=O)[C@@H](C)C1=CCCC1)C(C)C. The summed E-state index contributed by atoms with van der Waals surface area (Å²) in [4.78, 5) is 14.4. The van der Waals surface area contributed by atoms with Gasteiger partial charge in [0.1, 0.15) is 0 Å². The summed E-state index contributed by atoms with van der Waals surface area (Å²) in [7, 11) is 0. The average Bonchev–Trinajstić information content (AvgIpc) is 2.67. The van der Waals surface area contributed by atoms with Gasteiger partial charge in [0.15, 0.2) is 0 Å². The highest BCUT2D eigenvalue weighted by atomic mass is 16.2. The van der Waals surface area contributed by atoms with Crippen LogP contribution in [-0.2, 0) is 4.79 Å². The Labute approximate surface area is 99.7 Å². The largest absolute Gasteiger partial charge is 0.337 e. The third kappa shape index (κ3) is 2.87. The molecule has 1 aliphatic carbocycles. The summed E-state index contributed by atoms with van der Waals surface area (Å²) >= 11 is 0. The molecular weight excluding hydrogens is 198 g/mol. The van der Waals surface area contributed by atoms with Crippen LogP contribution < -0.4 is 0 Å². The molecule has 0 spiro atoms. The third-order valence-corrected chi connectivity index (χ3v) is 3.37. The highest BCUT2D eigenvalue weighted by Gasteiger charge is 2.27. The minimum absolute atomic E-state index is 0.0762. The van der Waals surface area contributed by atoms with Crippen molar-refractivity contribution < 1.29 is 4.79 Å². The van der Waals surface area contributed by atoms with Gasteiger partial charge in [0.2, 0.25) is 5.91 Å². The summed E-state index contributed by atoms with van der Waals surface area (Å²) in [5.41, 5.74) is 1.34. The lowest BCUT2D eigenvalue weighted by Gasteiger charge is -2.33. The van der Waals surface area contributed by atoms with Gasteiger partial charge in [-0.1, -0.05) is 11.6 Å². The van der Waals surface area contributed by atoms with Crippen molar-refractivity contribution in [2.45, 2.75) is 66.0 Å². The van der Waals surface area contributed by atoms with Gasteiger partial charge in [-0.25, -0.2) is 0 Å². The van der Waals surface area contributed by atoms with E-state index in [0.29, 0.717) is 0 Å². The van der Waals surface area contributed by atoms with Crippen molar-refractivity contribution in [3.63, 3.8) is 0 Å². The van der Waals surface area contributed by atoms with Gasteiger partial charge >= 0.3 is 0 Å². The van der Waals surface area contributed by atoms with Crippen molar-refractivity contribution >= 4 is 5.91 Å². The van der Waals surface area contributed by atoms with Crippen molar-refractivity contribution in [1.82, 2.24) is 4.90 Å². The summed E-state index contributed by atoms with van der Waals surface area (Å²) < 4.78 is 0. The zero-order chi connectivity index (χ0) is 12.3. The smallest absolute Gasteiger partial charge is 0.229 e. The molecule has 0 saturated carbocycles. The predicted octanol–water partition coefficient (Wildman–Crippen LogP) is 3.38. The van der Waals surface area contributed by atoms with Crippen LogP contribution in [0.2, 0.25) is 0 Å². The topological polar surface area (TPSA) is 20.3 Å². The number of rotatable bonds is 4. The van der Waals surface area contributed by atoms with Gasteiger partial charge in [0, 0.05) is 12.1 Å². The Hall–Kier alpha value is -0.790. The Morgan fingerprint density at radius 1 is 1.19 bits per heavy atom. The molecule has 0 N–H and O–H groups in total. The number of allylic oxidation sites excluding steroid dienone is 1. The maximum Gasteiger partial charge on any atom is 0.229 e. The van der Waals surface area contributed by atoms with E-state index >= 15 is 0 Å². The van der Waals surface area contributed by atoms with E-state index in [1.54, 1.807) is 0 Å². The average molecular weight is 223 g/mol. The first-order valence-electron chi connectivity index (χ1n) is 6.46. The van der Waals surface area contributed by atoms with Crippen LogP contribution in [-0.4, -0.2) is 22.9 Å².